The van der Waals surface area contributed by atoms with E-state index in [0.29, 0.717) is 18.9 Å². The fourth-order valence-electron chi connectivity index (χ4n) is 3.17. The van der Waals surface area contributed by atoms with Crippen molar-refractivity contribution in [2.24, 2.45) is 0 Å². The number of anilines is 2. The highest BCUT2D eigenvalue weighted by molar-refractivity contribution is 7.89. The van der Waals surface area contributed by atoms with E-state index in [-0.39, 0.29) is 23.9 Å². The molecular formula is C21H27N5O5S. The zero-order valence-corrected chi connectivity index (χ0v) is 18.9. The Kier molecular flexibility index (Phi) is 7.78. The summed E-state index contributed by atoms with van der Waals surface area (Å²) in [5, 5.41) is 5.33. The molecule has 3 rings (SSSR count). The van der Waals surface area contributed by atoms with Gasteiger partial charge in [-0.15, -0.1) is 0 Å². The Morgan fingerprint density at radius 2 is 1.84 bits per heavy atom. The summed E-state index contributed by atoms with van der Waals surface area (Å²) < 4.78 is 31.8. The van der Waals surface area contributed by atoms with Crippen molar-refractivity contribution in [3.05, 3.63) is 48.2 Å². The third-order valence-corrected chi connectivity index (χ3v) is 6.70. The fourth-order valence-corrected chi connectivity index (χ4v) is 4.30. The predicted octanol–water partition coefficient (Wildman–Crippen LogP) is 0.814. The number of hydrogen-bond donors (Lipinski definition) is 2. The molecule has 1 aliphatic heterocycles. The van der Waals surface area contributed by atoms with Crippen LogP contribution in [0.3, 0.4) is 0 Å². The minimum Gasteiger partial charge on any atom is -0.378 e. The standard InChI is InChI=1S/C21H27N5O5S/c1-16(27)24-18-3-5-19(6-4-18)32(29,30)25(2)15-21(28)23-14-17-7-8-22-20(13-17)26-9-11-31-12-10-26/h3-8,13H,9-12,14-15H2,1-2H3,(H,23,28)(H,24,27). The number of sulfonamides is 1. The largest absolute Gasteiger partial charge is 0.378 e. The summed E-state index contributed by atoms with van der Waals surface area (Å²) in [5.74, 6) is 0.152. The number of rotatable bonds is 8. The van der Waals surface area contributed by atoms with Crippen molar-refractivity contribution in [1.29, 1.82) is 0 Å². The van der Waals surface area contributed by atoms with E-state index in [4.69, 9.17) is 4.74 Å². The first kappa shape index (κ1) is 23.6. The summed E-state index contributed by atoms with van der Waals surface area (Å²) >= 11 is 0. The molecule has 1 aliphatic rings. The third-order valence-electron chi connectivity index (χ3n) is 4.88. The Balaban J connectivity index is 1.55. The van der Waals surface area contributed by atoms with Crippen LogP contribution in [0.2, 0.25) is 0 Å². The predicted molar refractivity (Wildman–Crippen MR) is 120 cm³/mol. The average molecular weight is 462 g/mol. The molecule has 1 fully saturated rings. The van der Waals surface area contributed by atoms with Gasteiger partial charge in [-0.3, -0.25) is 9.59 Å². The Hall–Kier alpha value is -3.02. The smallest absolute Gasteiger partial charge is 0.243 e. The summed E-state index contributed by atoms with van der Waals surface area (Å²) in [6, 6.07) is 9.48. The van der Waals surface area contributed by atoms with Gasteiger partial charge in [-0.25, -0.2) is 13.4 Å². The Morgan fingerprint density at radius 3 is 2.50 bits per heavy atom. The summed E-state index contributed by atoms with van der Waals surface area (Å²) in [7, 11) is -2.51. The Morgan fingerprint density at radius 1 is 1.16 bits per heavy atom. The van der Waals surface area contributed by atoms with Gasteiger partial charge in [0.15, 0.2) is 0 Å². The first-order valence-corrected chi connectivity index (χ1v) is 11.6. The maximum atomic E-state index is 12.7. The van der Waals surface area contributed by atoms with Crippen molar-refractivity contribution in [3.8, 4) is 0 Å². The molecule has 2 heterocycles. The van der Waals surface area contributed by atoms with Crippen molar-refractivity contribution in [1.82, 2.24) is 14.6 Å². The zero-order chi connectivity index (χ0) is 23.1. The molecule has 1 aromatic heterocycles. The zero-order valence-electron chi connectivity index (χ0n) is 18.1. The number of hydrogen-bond acceptors (Lipinski definition) is 7. The van der Waals surface area contributed by atoms with E-state index in [9.17, 15) is 18.0 Å². The number of morpholine rings is 1. The second-order valence-electron chi connectivity index (χ2n) is 7.37. The van der Waals surface area contributed by atoms with Gasteiger partial charge >= 0.3 is 0 Å². The molecule has 172 valence electrons. The number of benzene rings is 1. The van der Waals surface area contributed by atoms with Crippen molar-refractivity contribution in [3.63, 3.8) is 0 Å². The van der Waals surface area contributed by atoms with Crippen molar-refractivity contribution in [2.45, 2.75) is 18.4 Å². The monoisotopic (exact) mass is 461 g/mol. The van der Waals surface area contributed by atoms with Gasteiger partial charge in [-0.05, 0) is 42.0 Å². The van der Waals surface area contributed by atoms with Crippen LogP contribution < -0.4 is 15.5 Å². The number of amides is 2. The number of nitrogens with zero attached hydrogens (tertiary/aromatic N) is 3. The topological polar surface area (TPSA) is 121 Å². The number of pyridine rings is 1. The summed E-state index contributed by atoms with van der Waals surface area (Å²) in [6.07, 6.45) is 1.69. The average Bonchev–Trinajstić information content (AvgIpc) is 2.78. The van der Waals surface area contributed by atoms with Gasteiger partial charge in [-0.1, -0.05) is 0 Å². The summed E-state index contributed by atoms with van der Waals surface area (Å²) in [4.78, 5) is 30.0. The lowest BCUT2D eigenvalue weighted by atomic mass is 10.2. The highest BCUT2D eigenvalue weighted by Crippen LogP contribution is 2.18. The van der Waals surface area contributed by atoms with Crippen LogP contribution in [0.15, 0.2) is 47.5 Å². The van der Waals surface area contributed by atoms with E-state index in [1.54, 1.807) is 12.3 Å². The number of likely N-dealkylation sites (N-methyl/N-ethyl adjacent to an activating group) is 1. The van der Waals surface area contributed by atoms with Crippen LogP contribution >= 0.6 is 0 Å². The first-order chi connectivity index (χ1) is 15.3. The van der Waals surface area contributed by atoms with Crippen molar-refractivity contribution >= 4 is 33.3 Å². The van der Waals surface area contributed by atoms with Crippen LogP contribution in [-0.4, -0.2) is 69.4 Å². The van der Waals surface area contributed by atoms with Gasteiger partial charge in [-0.2, -0.15) is 4.31 Å². The minimum atomic E-state index is -3.85. The van der Waals surface area contributed by atoms with E-state index < -0.39 is 15.9 Å². The summed E-state index contributed by atoms with van der Waals surface area (Å²) in [6.45, 7) is 4.13. The normalized spacial score (nSPS) is 14.3. The number of aromatic nitrogens is 1. The second-order valence-corrected chi connectivity index (χ2v) is 9.41. The molecule has 11 heteroatoms. The van der Waals surface area contributed by atoms with Crippen LogP contribution in [0.4, 0.5) is 11.5 Å². The molecular weight excluding hydrogens is 434 g/mol. The quantitative estimate of drug-likeness (QED) is 0.597. The molecule has 1 saturated heterocycles. The van der Waals surface area contributed by atoms with Crippen LogP contribution in [0.25, 0.3) is 0 Å². The van der Waals surface area contributed by atoms with E-state index in [1.165, 1.54) is 38.2 Å². The number of carbonyl (C=O) groups excluding carboxylic acids is 2. The van der Waals surface area contributed by atoms with E-state index in [0.717, 1.165) is 28.8 Å². The number of nitrogens with one attached hydrogen (secondary N) is 2. The van der Waals surface area contributed by atoms with Gasteiger partial charge in [0.2, 0.25) is 21.8 Å². The van der Waals surface area contributed by atoms with Gasteiger partial charge < -0.3 is 20.3 Å². The second kappa shape index (κ2) is 10.5. The molecule has 0 unspecified atom stereocenters. The molecule has 2 amide bonds. The number of carbonyl (C=O) groups is 2. The SMILES string of the molecule is CC(=O)Nc1ccc(S(=O)(=O)N(C)CC(=O)NCc2ccnc(N3CCOCC3)c2)cc1. The van der Waals surface area contributed by atoms with Gasteiger partial charge in [0, 0.05) is 45.5 Å². The molecule has 0 saturated carbocycles. The lowest BCUT2D eigenvalue weighted by Crippen LogP contribution is -2.38. The van der Waals surface area contributed by atoms with E-state index >= 15 is 0 Å². The maximum Gasteiger partial charge on any atom is 0.243 e. The Bertz CT molecular complexity index is 1050. The highest BCUT2D eigenvalue weighted by atomic mass is 32.2. The van der Waals surface area contributed by atoms with Crippen LogP contribution in [-0.2, 0) is 30.9 Å². The fraction of sp³-hybridized carbons (Fsp3) is 0.381. The van der Waals surface area contributed by atoms with Crippen molar-refractivity contribution in [2.75, 3.05) is 50.1 Å². The lowest BCUT2D eigenvalue weighted by molar-refractivity contribution is -0.121. The van der Waals surface area contributed by atoms with E-state index in [2.05, 4.69) is 20.5 Å². The van der Waals surface area contributed by atoms with Gasteiger partial charge in [0.05, 0.1) is 24.7 Å². The lowest BCUT2D eigenvalue weighted by Gasteiger charge is -2.28. The maximum absolute atomic E-state index is 12.7. The molecule has 0 aliphatic carbocycles. The first-order valence-electron chi connectivity index (χ1n) is 10.1. The van der Waals surface area contributed by atoms with E-state index in [1.807, 2.05) is 6.07 Å². The molecule has 1 aromatic carbocycles. The van der Waals surface area contributed by atoms with Gasteiger partial charge in [0.1, 0.15) is 5.82 Å². The van der Waals surface area contributed by atoms with Crippen LogP contribution in [0.1, 0.15) is 12.5 Å². The number of ether oxygens (including phenoxy) is 1. The van der Waals surface area contributed by atoms with Crippen LogP contribution in [0.5, 0.6) is 0 Å². The molecule has 10 nitrogen and oxygen atoms in total. The Labute approximate surface area is 187 Å². The molecule has 0 bridgehead atoms. The van der Waals surface area contributed by atoms with Crippen LogP contribution in [0, 0.1) is 0 Å². The molecule has 2 N–H and O–H groups in total. The molecule has 0 spiro atoms. The molecule has 2 aromatic rings. The minimum absolute atomic E-state index is 0.0335. The highest BCUT2D eigenvalue weighted by Gasteiger charge is 2.23. The molecule has 0 atom stereocenters. The van der Waals surface area contributed by atoms with Crippen molar-refractivity contribution < 1.29 is 22.7 Å². The molecule has 0 radical (unpaired) electrons. The molecule has 32 heavy (non-hydrogen) atoms. The summed E-state index contributed by atoms with van der Waals surface area (Å²) in [5.41, 5.74) is 1.36. The van der Waals surface area contributed by atoms with Gasteiger partial charge in [0.25, 0.3) is 0 Å². The third kappa shape index (κ3) is 6.25.